The Bertz CT molecular complexity index is 992. The number of benzene rings is 2. The van der Waals surface area contributed by atoms with E-state index >= 15 is 0 Å². The van der Waals surface area contributed by atoms with Crippen molar-refractivity contribution < 1.29 is 18.7 Å². The SMILES string of the molecule is COc1ccc2c(=O)oc3cc(OC(=O)C(C)(C)C)ccc3c2c1. The quantitative estimate of drug-likeness (QED) is 0.309. The van der Waals surface area contributed by atoms with Crippen molar-refractivity contribution in [2.45, 2.75) is 20.8 Å². The number of hydrogen-bond donors (Lipinski definition) is 0. The number of methoxy groups -OCH3 is 1. The lowest BCUT2D eigenvalue weighted by Crippen LogP contribution is -2.25. The van der Waals surface area contributed by atoms with E-state index in [4.69, 9.17) is 13.9 Å². The van der Waals surface area contributed by atoms with Crippen molar-refractivity contribution in [3.8, 4) is 11.5 Å². The van der Waals surface area contributed by atoms with E-state index in [-0.39, 0.29) is 5.97 Å². The van der Waals surface area contributed by atoms with Crippen LogP contribution in [0.25, 0.3) is 21.7 Å². The maximum absolute atomic E-state index is 12.2. The third kappa shape index (κ3) is 2.85. The lowest BCUT2D eigenvalue weighted by molar-refractivity contribution is -0.142. The first-order valence-corrected chi connectivity index (χ1v) is 7.56. The van der Waals surface area contributed by atoms with Gasteiger partial charge in [-0.25, -0.2) is 4.79 Å². The molecule has 0 aliphatic rings. The minimum Gasteiger partial charge on any atom is -0.497 e. The fourth-order valence-corrected chi connectivity index (χ4v) is 2.34. The van der Waals surface area contributed by atoms with Gasteiger partial charge < -0.3 is 13.9 Å². The molecule has 0 fully saturated rings. The summed E-state index contributed by atoms with van der Waals surface area (Å²) >= 11 is 0. The summed E-state index contributed by atoms with van der Waals surface area (Å²) < 4.78 is 15.9. The van der Waals surface area contributed by atoms with E-state index < -0.39 is 11.0 Å². The molecule has 0 aliphatic heterocycles. The van der Waals surface area contributed by atoms with Crippen molar-refractivity contribution in [3.05, 3.63) is 46.8 Å². The molecule has 0 saturated carbocycles. The zero-order valence-electron chi connectivity index (χ0n) is 14.0. The first-order valence-electron chi connectivity index (χ1n) is 7.56. The van der Waals surface area contributed by atoms with E-state index in [9.17, 15) is 9.59 Å². The molecule has 3 aromatic rings. The monoisotopic (exact) mass is 326 g/mol. The zero-order valence-corrected chi connectivity index (χ0v) is 14.0. The van der Waals surface area contributed by atoms with Gasteiger partial charge in [0.25, 0.3) is 0 Å². The first-order chi connectivity index (χ1) is 11.3. The Kier molecular flexibility index (Phi) is 3.79. The Balaban J connectivity index is 2.15. The van der Waals surface area contributed by atoms with Gasteiger partial charge in [0.2, 0.25) is 0 Å². The molecule has 5 heteroatoms. The second-order valence-corrected chi connectivity index (χ2v) is 6.60. The van der Waals surface area contributed by atoms with Crippen LogP contribution in [0.5, 0.6) is 11.5 Å². The smallest absolute Gasteiger partial charge is 0.344 e. The number of fused-ring (bicyclic) bond motifs is 3. The highest BCUT2D eigenvalue weighted by Crippen LogP contribution is 2.29. The lowest BCUT2D eigenvalue weighted by Gasteiger charge is -2.16. The van der Waals surface area contributed by atoms with Crippen LogP contribution in [0.3, 0.4) is 0 Å². The third-order valence-corrected chi connectivity index (χ3v) is 3.72. The van der Waals surface area contributed by atoms with Crippen molar-refractivity contribution in [2.24, 2.45) is 5.41 Å². The lowest BCUT2D eigenvalue weighted by atomic mass is 9.97. The predicted molar refractivity (Wildman–Crippen MR) is 91.6 cm³/mol. The number of ether oxygens (including phenoxy) is 2. The Hall–Kier alpha value is -2.82. The molecule has 0 atom stereocenters. The molecular weight excluding hydrogens is 308 g/mol. The summed E-state index contributed by atoms with van der Waals surface area (Å²) in [6.45, 7) is 5.32. The van der Waals surface area contributed by atoms with Gasteiger partial charge in [0.15, 0.2) is 0 Å². The van der Waals surface area contributed by atoms with Crippen LogP contribution >= 0.6 is 0 Å². The molecule has 0 bridgehead atoms. The molecule has 0 amide bonds. The fourth-order valence-electron chi connectivity index (χ4n) is 2.34. The van der Waals surface area contributed by atoms with Gasteiger partial charge in [0.1, 0.15) is 17.1 Å². The van der Waals surface area contributed by atoms with Gasteiger partial charge in [-0.1, -0.05) is 0 Å². The predicted octanol–water partition coefficient (Wildman–Crippen LogP) is 3.91. The Morgan fingerprint density at radius 1 is 0.958 bits per heavy atom. The van der Waals surface area contributed by atoms with Gasteiger partial charge >= 0.3 is 11.6 Å². The first kappa shape index (κ1) is 16.1. The number of carbonyl (C=O) groups excluding carboxylic acids is 1. The molecule has 0 radical (unpaired) electrons. The van der Waals surface area contributed by atoms with E-state index in [0.717, 1.165) is 10.8 Å². The molecule has 0 aliphatic carbocycles. The summed E-state index contributed by atoms with van der Waals surface area (Å²) in [5, 5.41) is 1.95. The van der Waals surface area contributed by atoms with Gasteiger partial charge in [-0.05, 0) is 51.1 Å². The van der Waals surface area contributed by atoms with Gasteiger partial charge in [-0.15, -0.1) is 0 Å². The molecule has 0 N–H and O–H groups in total. The number of hydrogen-bond acceptors (Lipinski definition) is 5. The molecule has 0 saturated heterocycles. The van der Waals surface area contributed by atoms with Crippen LogP contribution in [0.4, 0.5) is 0 Å². The molecule has 124 valence electrons. The normalized spacial score (nSPS) is 11.7. The van der Waals surface area contributed by atoms with Crippen LogP contribution in [-0.2, 0) is 4.79 Å². The van der Waals surface area contributed by atoms with E-state index in [0.29, 0.717) is 22.5 Å². The van der Waals surface area contributed by atoms with Crippen LogP contribution in [0, 0.1) is 5.41 Å². The molecular formula is C19H18O5. The highest BCUT2D eigenvalue weighted by atomic mass is 16.5. The highest BCUT2D eigenvalue weighted by molar-refractivity contribution is 6.05. The number of esters is 1. The van der Waals surface area contributed by atoms with Gasteiger partial charge in [-0.2, -0.15) is 0 Å². The van der Waals surface area contributed by atoms with Crippen molar-refractivity contribution in [2.75, 3.05) is 7.11 Å². The minimum absolute atomic E-state index is 0.341. The number of carbonyl (C=O) groups is 1. The molecule has 5 nitrogen and oxygen atoms in total. The van der Waals surface area contributed by atoms with E-state index in [1.165, 1.54) is 0 Å². The van der Waals surface area contributed by atoms with Crippen molar-refractivity contribution in [1.82, 2.24) is 0 Å². The average molecular weight is 326 g/mol. The van der Waals surface area contributed by atoms with E-state index in [2.05, 4.69) is 0 Å². The second-order valence-electron chi connectivity index (χ2n) is 6.60. The van der Waals surface area contributed by atoms with Crippen molar-refractivity contribution in [1.29, 1.82) is 0 Å². The average Bonchev–Trinajstić information content (AvgIpc) is 2.53. The Morgan fingerprint density at radius 2 is 1.62 bits per heavy atom. The molecule has 1 heterocycles. The van der Waals surface area contributed by atoms with Crippen LogP contribution in [-0.4, -0.2) is 13.1 Å². The van der Waals surface area contributed by atoms with Crippen molar-refractivity contribution >= 4 is 27.7 Å². The maximum atomic E-state index is 12.2. The third-order valence-electron chi connectivity index (χ3n) is 3.72. The summed E-state index contributed by atoms with van der Waals surface area (Å²) in [6.07, 6.45) is 0. The summed E-state index contributed by atoms with van der Waals surface area (Å²) in [5.74, 6) is 0.636. The Labute approximate surface area is 138 Å². The topological polar surface area (TPSA) is 65.7 Å². The summed E-state index contributed by atoms with van der Waals surface area (Å²) in [4.78, 5) is 24.2. The summed E-state index contributed by atoms with van der Waals surface area (Å²) in [5.41, 5.74) is -0.702. The molecule has 0 spiro atoms. The zero-order chi connectivity index (χ0) is 17.5. The van der Waals surface area contributed by atoms with Gasteiger partial charge in [0.05, 0.1) is 17.9 Å². The van der Waals surface area contributed by atoms with Crippen LogP contribution in [0.1, 0.15) is 20.8 Å². The van der Waals surface area contributed by atoms with Crippen LogP contribution < -0.4 is 15.1 Å². The van der Waals surface area contributed by atoms with Gasteiger partial charge in [0, 0.05) is 16.8 Å². The van der Waals surface area contributed by atoms with Gasteiger partial charge in [-0.3, -0.25) is 4.79 Å². The Morgan fingerprint density at radius 3 is 2.29 bits per heavy atom. The van der Waals surface area contributed by atoms with E-state index in [1.807, 2.05) is 0 Å². The summed E-state index contributed by atoms with van der Waals surface area (Å²) in [6, 6.07) is 10.2. The minimum atomic E-state index is -0.619. The second kappa shape index (κ2) is 5.67. The molecule has 1 aromatic heterocycles. The molecule has 24 heavy (non-hydrogen) atoms. The largest absolute Gasteiger partial charge is 0.497 e. The standard InChI is InChI=1S/C19H18O5/c1-19(2,3)18(21)23-12-6-7-13-15-9-11(22-4)5-8-14(15)17(20)24-16(13)10-12/h5-10H,1-4H3. The van der Waals surface area contributed by atoms with E-state index in [1.54, 1.807) is 64.3 Å². The summed E-state index contributed by atoms with van der Waals surface area (Å²) in [7, 11) is 1.57. The maximum Gasteiger partial charge on any atom is 0.344 e. The van der Waals surface area contributed by atoms with Crippen LogP contribution in [0.2, 0.25) is 0 Å². The molecule has 0 unspecified atom stereocenters. The molecule has 2 aromatic carbocycles. The molecule has 3 rings (SSSR count). The van der Waals surface area contributed by atoms with Crippen molar-refractivity contribution in [3.63, 3.8) is 0 Å². The highest BCUT2D eigenvalue weighted by Gasteiger charge is 2.24. The number of rotatable bonds is 2. The van der Waals surface area contributed by atoms with Crippen LogP contribution in [0.15, 0.2) is 45.6 Å². The fraction of sp³-hybridized carbons (Fsp3) is 0.263.